The highest BCUT2D eigenvalue weighted by molar-refractivity contribution is 5.79. The molecule has 0 fully saturated rings. The Hall–Kier alpha value is -1.95. The van der Waals surface area contributed by atoms with Gasteiger partial charge in [-0.15, -0.1) is 0 Å². The van der Waals surface area contributed by atoms with Crippen molar-refractivity contribution in [2.45, 2.75) is 20.3 Å². The molecular weight excluding hydrogens is 294 g/mol. The van der Waals surface area contributed by atoms with Crippen molar-refractivity contribution in [3.8, 4) is 11.5 Å². The molecule has 6 nitrogen and oxygen atoms in total. The van der Waals surface area contributed by atoms with Crippen LogP contribution in [0.4, 0.5) is 0 Å². The number of ether oxygens (including phenoxy) is 3. The van der Waals surface area contributed by atoms with Crippen LogP contribution in [0.15, 0.2) is 23.2 Å². The molecular formula is C17H27N3O3. The van der Waals surface area contributed by atoms with Crippen molar-refractivity contribution in [3.63, 3.8) is 0 Å². The molecule has 0 atom stereocenters. The lowest BCUT2D eigenvalue weighted by Crippen LogP contribution is -2.39. The SMILES string of the molecule is CN=C(NCCOCC(C)C)NCCc1ccc2c(c1)OCO2. The molecule has 23 heavy (non-hydrogen) atoms. The van der Waals surface area contributed by atoms with E-state index in [4.69, 9.17) is 14.2 Å². The van der Waals surface area contributed by atoms with E-state index in [-0.39, 0.29) is 0 Å². The summed E-state index contributed by atoms with van der Waals surface area (Å²) in [6.07, 6.45) is 0.890. The average molecular weight is 321 g/mol. The minimum Gasteiger partial charge on any atom is -0.454 e. The number of fused-ring (bicyclic) bond motifs is 1. The standard InChI is InChI=1S/C17H27N3O3/c1-13(2)11-21-9-8-20-17(18-3)19-7-6-14-4-5-15-16(10-14)23-12-22-15/h4-5,10,13H,6-9,11-12H2,1-3H3,(H2,18,19,20). The van der Waals surface area contributed by atoms with Crippen LogP contribution < -0.4 is 20.1 Å². The van der Waals surface area contributed by atoms with Gasteiger partial charge in [-0.3, -0.25) is 4.99 Å². The monoisotopic (exact) mass is 321 g/mol. The van der Waals surface area contributed by atoms with E-state index in [0.29, 0.717) is 19.3 Å². The fourth-order valence-corrected chi connectivity index (χ4v) is 2.20. The summed E-state index contributed by atoms with van der Waals surface area (Å²) >= 11 is 0. The molecule has 2 rings (SSSR count). The molecule has 0 amide bonds. The number of aliphatic imine (C=N–C) groups is 1. The van der Waals surface area contributed by atoms with Gasteiger partial charge in [0.1, 0.15) is 0 Å². The number of hydrogen-bond acceptors (Lipinski definition) is 4. The van der Waals surface area contributed by atoms with Crippen LogP contribution in [-0.4, -0.2) is 46.1 Å². The van der Waals surface area contributed by atoms with Crippen molar-refractivity contribution in [1.82, 2.24) is 10.6 Å². The molecule has 6 heteroatoms. The van der Waals surface area contributed by atoms with Crippen LogP contribution in [0.5, 0.6) is 11.5 Å². The van der Waals surface area contributed by atoms with Gasteiger partial charge in [0.15, 0.2) is 17.5 Å². The zero-order valence-electron chi connectivity index (χ0n) is 14.2. The van der Waals surface area contributed by atoms with Crippen molar-refractivity contribution in [1.29, 1.82) is 0 Å². The highest BCUT2D eigenvalue weighted by Crippen LogP contribution is 2.32. The van der Waals surface area contributed by atoms with Crippen LogP contribution in [0, 0.1) is 5.92 Å². The fourth-order valence-electron chi connectivity index (χ4n) is 2.20. The number of benzene rings is 1. The van der Waals surface area contributed by atoms with Crippen LogP contribution in [0.1, 0.15) is 19.4 Å². The molecule has 0 radical (unpaired) electrons. The molecule has 2 N–H and O–H groups in total. The molecule has 0 aliphatic carbocycles. The third-order valence-electron chi connectivity index (χ3n) is 3.36. The van der Waals surface area contributed by atoms with Crippen molar-refractivity contribution in [3.05, 3.63) is 23.8 Å². The summed E-state index contributed by atoms with van der Waals surface area (Å²) in [5.41, 5.74) is 1.21. The second-order valence-electron chi connectivity index (χ2n) is 5.83. The Kier molecular flexibility index (Phi) is 7.00. The van der Waals surface area contributed by atoms with E-state index in [0.717, 1.165) is 43.6 Å². The summed E-state index contributed by atoms with van der Waals surface area (Å²) in [6.45, 7) is 7.61. The van der Waals surface area contributed by atoms with Gasteiger partial charge < -0.3 is 24.8 Å². The van der Waals surface area contributed by atoms with Gasteiger partial charge in [0.05, 0.1) is 6.61 Å². The van der Waals surface area contributed by atoms with Crippen molar-refractivity contribution < 1.29 is 14.2 Å². The Morgan fingerprint density at radius 3 is 2.78 bits per heavy atom. The van der Waals surface area contributed by atoms with Gasteiger partial charge in [-0.1, -0.05) is 19.9 Å². The minimum atomic E-state index is 0.312. The zero-order chi connectivity index (χ0) is 16.5. The maximum absolute atomic E-state index is 5.54. The molecule has 0 bridgehead atoms. The van der Waals surface area contributed by atoms with E-state index in [2.05, 4.69) is 35.5 Å². The van der Waals surface area contributed by atoms with Crippen molar-refractivity contribution in [2.24, 2.45) is 10.9 Å². The Balaban J connectivity index is 1.64. The van der Waals surface area contributed by atoms with Gasteiger partial charge in [-0.2, -0.15) is 0 Å². The maximum atomic E-state index is 5.54. The molecule has 1 aromatic carbocycles. The Morgan fingerprint density at radius 2 is 2.00 bits per heavy atom. The second kappa shape index (κ2) is 9.25. The first-order valence-corrected chi connectivity index (χ1v) is 8.10. The van der Waals surface area contributed by atoms with E-state index >= 15 is 0 Å². The molecule has 1 aliphatic heterocycles. The van der Waals surface area contributed by atoms with Crippen LogP contribution in [0.2, 0.25) is 0 Å². The van der Waals surface area contributed by atoms with Gasteiger partial charge in [-0.25, -0.2) is 0 Å². The minimum absolute atomic E-state index is 0.312. The predicted molar refractivity (Wildman–Crippen MR) is 91.3 cm³/mol. The maximum Gasteiger partial charge on any atom is 0.231 e. The second-order valence-corrected chi connectivity index (χ2v) is 5.83. The number of guanidine groups is 1. The van der Waals surface area contributed by atoms with Crippen molar-refractivity contribution >= 4 is 5.96 Å². The summed E-state index contributed by atoms with van der Waals surface area (Å²) < 4.78 is 16.2. The van der Waals surface area contributed by atoms with Gasteiger partial charge >= 0.3 is 0 Å². The normalized spacial score (nSPS) is 13.5. The van der Waals surface area contributed by atoms with Crippen LogP contribution in [0.3, 0.4) is 0 Å². The van der Waals surface area contributed by atoms with Crippen LogP contribution in [0.25, 0.3) is 0 Å². The Morgan fingerprint density at radius 1 is 1.22 bits per heavy atom. The van der Waals surface area contributed by atoms with E-state index in [1.807, 2.05) is 12.1 Å². The zero-order valence-corrected chi connectivity index (χ0v) is 14.2. The van der Waals surface area contributed by atoms with Crippen LogP contribution >= 0.6 is 0 Å². The summed E-state index contributed by atoms with van der Waals surface area (Å²) in [7, 11) is 1.77. The van der Waals surface area contributed by atoms with Gasteiger partial charge in [0.2, 0.25) is 6.79 Å². The van der Waals surface area contributed by atoms with Gasteiger partial charge in [0.25, 0.3) is 0 Å². The summed E-state index contributed by atoms with van der Waals surface area (Å²) in [5.74, 6) is 3.00. The number of hydrogen-bond donors (Lipinski definition) is 2. The van der Waals surface area contributed by atoms with E-state index < -0.39 is 0 Å². The lowest BCUT2D eigenvalue weighted by atomic mass is 10.1. The molecule has 1 aliphatic rings. The first-order valence-electron chi connectivity index (χ1n) is 8.10. The molecule has 0 unspecified atom stereocenters. The van der Waals surface area contributed by atoms with E-state index in [1.165, 1.54) is 5.56 Å². The lowest BCUT2D eigenvalue weighted by Gasteiger charge is -2.12. The van der Waals surface area contributed by atoms with Gasteiger partial charge in [0, 0.05) is 26.7 Å². The lowest BCUT2D eigenvalue weighted by molar-refractivity contribution is 0.114. The highest BCUT2D eigenvalue weighted by Gasteiger charge is 2.12. The number of nitrogens with zero attached hydrogens (tertiary/aromatic N) is 1. The fraction of sp³-hybridized carbons (Fsp3) is 0.588. The predicted octanol–water partition coefficient (Wildman–Crippen LogP) is 1.80. The number of nitrogens with one attached hydrogen (secondary N) is 2. The number of rotatable bonds is 8. The van der Waals surface area contributed by atoms with Crippen molar-refractivity contribution in [2.75, 3.05) is 40.1 Å². The summed E-state index contributed by atoms with van der Waals surface area (Å²) in [5, 5.41) is 6.54. The highest BCUT2D eigenvalue weighted by atomic mass is 16.7. The Bertz CT molecular complexity index is 518. The van der Waals surface area contributed by atoms with Gasteiger partial charge in [-0.05, 0) is 30.0 Å². The van der Waals surface area contributed by atoms with E-state index in [9.17, 15) is 0 Å². The van der Waals surface area contributed by atoms with Crippen LogP contribution in [-0.2, 0) is 11.2 Å². The quantitative estimate of drug-likeness (QED) is 0.434. The smallest absolute Gasteiger partial charge is 0.231 e. The molecule has 0 spiro atoms. The first-order chi connectivity index (χ1) is 11.2. The summed E-state index contributed by atoms with van der Waals surface area (Å²) in [6, 6.07) is 6.04. The largest absolute Gasteiger partial charge is 0.454 e. The average Bonchev–Trinajstić information content (AvgIpc) is 3.00. The molecule has 128 valence electrons. The Labute approximate surface area is 138 Å². The topological polar surface area (TPSA) is 64.1 Å². The third kappa shape index (κ3) is 5.98. The first kappa shape index (κ1) is 17.4. The molecule has 0 saturated heterocycles. The molecule has 0 saturated carbocycles. The van der Waals surface area contributed by atoms with E-state index in [1.54, 1.807) is 7.05 Å². The third-order valence-corrected chi connectivity index (χ3v) is 3.36. The molecule has 1 aromatic rings. The molecule has 0 aromatic heterocycles. The molecule has 1 heterocycles. The summed E-state index contributed by atoms with van der Waals surface area (Å²) in [4.78, 5) is 4.20.